The minimum atomic E-state index is -0.338. The van der Waals surface area contributed by atoms with Gasteiger partial charge in [0.2, 0.25) is 5.91 Å². The molecular formula is C18H25Cl4N3O2. The molecule has 3 N–H and O–H groups in total. The number of carbonyl (C=O) groups is 1. The molecule has 0 saturated heterocycles. The van der Waals surface area contributed by atoms with Gasteiger partial charge in [0.25, 0.3) is 0 Å². The smallest absolute Gasteiger partial charge is 0.220 e. The number of aryl methyl sites for hydroxylation is 1. The van der Waals surface area contributed by atoms with Gasteiger partial charge in [0.15, 0.2) is 11.7 Å². The van der Waals surface area contributed by atoms with Crippen LogP contribution in [0.1, 0.15) is 39.0 Å². The van der Waals surface area contributed by atoms with Crippen LogP contribution in [0.3, 0.4) is 0 Å². The third kappa shape index (κ3) is 6.84. The van der Waals surface area contributed by atoms with Gasteiger partial charge in [-0.05, 0) is 31.0 Å². The van der Waals surface area contributed by atoms with Crippen LogP contribution in [-0.4, -0.2) is 23.0 Å². The zero-order valence-electron chi connectivity index (χ0n) is 15.3. The molecule has 1 heterocycles. The lowest BCUT2D eigenvalue weighted by atomic mass is 9.92. The third-order valence-corrected chi connectivity index (χ3v) is 5.01. The van der Waals surface area contributed by atoms with Gasteiger partial charge in [-0.15, -0.1) is 24.8 Å². The molecule has 152 valence electrons. The molecule has 0 spiro atoms. The van der Waals surface area contributed by atoms with Crippen molar-refractivity contribution >= 4 is 53.9 Å². The maximum Gasteiger partial charge on any atom is 0.220 e. The molecular weight excluding hydrogens is 432 g/mol. The first-order valence-electron chi connectivity index (χ1n) is 8.34. The normalized spacial score (nSPS) is 10.7. The summed E-state index contributed by atoms with van der Waals surface area (Å²) in [5.41, 5.74) is 6.19. The van der Waals surface area contributed by atoms with E-state index in [0.717, 1.165) is 12.8 Å². The van der Waals surface area contributed by atoms with Crippen molar-refractivity contribution < 1.29 is 9.21 Å². The minimum Gasteiger partial charge on any atom is -0.441 e. The Labute approximate surface area is 182 Å². The molecule has 5 nitrogen and oxygen atoms in total. The predicted octanol–water partition coefficient (Wildman–Crippen LogP) is 5.06. The molecule has 0 fully saturated rings. The van der Waals surface area contributed by atoms with E-state index in [2.05, 4.69) is 10.3 Å². The molecule has 0 saturated carbocycles. The van der Waals surface area contributed by atoms with E-state index in [9.17, 15) is 4.79 Å². The lowest BCUT2D eigenvalue weighted by molar-refractivity contribution is -0.123. The number of aromatic nitrogens is 1. The summed E-state index contributed by atoms with van der Waals surface area (Å²) in [7, 11) is 0. The summed E-state index contributed by atoms with van der Waals surface area (Å²) in [5.74, 6) is 0.983. The molecule has 1 aromatic heterocycles. The van der Waals surface area contributed by atoms with Gasteiger partial charge >= 0.3 is 0 Å². The van der Waals surface area contributed by atoms with E-state index < -0.39 is 0 Å². The molecule has 2 rings (SSSR count). The Bertz CT molecular complexity index is 725. The summed E-state index contributed by atoms with van der Waals surface area (Å²) in [5, 5.41) is 4.08. The topological polar surface area (TPSA) is 81.1 Å². The molecule has 0 unspecified atom stereocenters. The van der Waals surface area contributed by atoms with Gasteiger partial charge in [-0.2, -0.15) is 0 Å². The summed E-state index contributed by atoms with van der Waals surface area (Å²) < 4.78 is 5.71. The zero-order chi connectivity index (χ0) is 18.4. The molecule has 0 aliphatic heterocycles. The quantitative estimate of drug-likeness (QED) is 0.581. The van der Waals surface area contributed by atoms with Crippen molar-refractivity contribution in [2.24, 2.45) is 5.73 Å². The molecule has 9 heteroatoms. The second kappa shape index (κ2) is 11.8. The highest BCUT2D eigenvalue weighted by Crippen LogP contribution is 2.30. The summed E-state index contributed by atoms with van der Waals surface area (Å²) in [6.07, 6.45) is 3.89. The van der Waals surface area contributed by atoms with Crippen molar-refractivity contribution in [2.45, 2.75) is 45.1 Å². The maximum atomic E-state index is 12.2. The number of halogens is 4. The van der Waals surface area contributed by atoms with Crippen molar-refractivity contribution in [3.63, 3.8) is 0 Å². The number of nitrogens with one attached hydrogen (secondary N) is 1. The fraction of sp³-hybridized carbons (Fsp3) is 0.444. The molecule has 1 amide bonds. The van der Waals surface area contributed by atoms with E-state index in [1.54, 1.807) is 24.4 Å². The van der Waals surface area contributed by atoms with E-state index in [4.69, 9.17) is 33.4 Å². The summed E-state index contributed by atoms with van der Waals surface area (Å²) >= 11 is 12.1. The van der Waals surface area contributed by atoms with Gasteiger partial charge < -0.3 is 15.5 Å². The predicted molar refractivity (Wildman–Crippen MR) is 115 cm³/mol. The van der Waals surface area contributed by atoms with E-state index in [1.165, 1.54) is 0 Å². The van der Waals surface area contributed by atoms with Crippen LogP contribution in [0.4, 0.5) is 0 Å². The number of carbonyl (C=O) groups excluding carboxylic acids is 1. The average Bonchev–Trinajstić information content (AvgIpc) is 3.07. The van der Waals surface area contributed by atoms with Gasteiger partial charge in [-0.1, -0.05) is 37.0 Å². The van der Waals surface area contributed by atoms with Gasteiger partial charge in [-0.25, -0.2) is 4.98 Å². The van der Waals surface area contributed by atoms with Crippen LogP contribution < -0.4 is 11.1 Å². The molecule has 0 aliphatic carbocycles. The minimum absolute atomic E-state index is 0. The Morgan fingerprint density at radius 3 is 2.48 bits per heavy atom. The van der Waals surface area contributed by atoms with Gasteiger partial charge in [0.1, 0.15) is 0 Å². The van der Waals surface area contributed by atoms with Crippen molar-refractivity contribution in [1.29, 1.82) is 0 Å². The standard InChI is InChI=1S/C18H23Cl2N3O2.2ClH/c1-3-18(4-2,11-21)23-16(24)7-8-17-22-10-15(25-17)13-6-5-12(19)9-14(13)20;;/h5-6,9-10H,3-4,7-8,11,21H2,1-2H3,(H,23,24);2*1H. The molecule has 2 aromatic rings. The summed E-state index contributed by atoms with van der Waals surface area (Å²) in [4.78, 5) is 16.4. The van der Waals surface area contributed by atoms with Crippen molar-refractivity contribution in [3.8, 4) is 11.3 Å². The van der Waals surface area contributed by atoms with Crippen LogP contribution in [0.15, 0.2) is 28.8 Å². The summed E-state index contributed by atoms with van der Waals surface area (Å²) in [6.45, 7) is 4.46. The first-order valence-corrected chi connectivity index (χ1v) is 9.10. The zero-order valence-corrected chi connectivity index (χ0v) is 18.4. The van der Waals surface area contributed by atoms with E-state index in [-0.39, 0.29) is 42.7 Å². The Balaban J connectivity index is 0.00000338. The Morgan fingerprint density at radius 2 is 1.93 bits per heavy atom. The van der Waals surface area contributed by atoms with Crippen LogP contribution in [0, 0.1) is 0 Å². The number of amides is 1. The van der Waals surface area contributed by atoms with Crippen LogP contribution in [0.2, 0.25) is 10.0 Å². The lowest BCUT2D eigenvalue weighted by Gasteiger charge is -2.31. The monoisotopic (exact) mass is 455 g/mol. The first kappa shape index (κ1) is 26.0. The first-order chi connectivity index (χ1) is 11.9. The molecule has 0 radical (unpaired) electrons. The second-order valence-corrected chi connectivity index (χ2v) is 6.83. The molecule has 0 atom stereocenters. The number of benzene rings is 1. The number of hydrogen-bond donors (Lipinski definition) is 2. The highest BCUT2D eigenvalue weighted by molar-refractivity contribution is 6.36. The van der Waals surface area contributed by atoms with E-state index in [0.29, 0.717) is 40.2 Å². The number of oxazole rings is 1. The Kier molecular flexibility index (Phi) is 11.3. The van der Waals surface area contributed by atoms with Gasteiger partial charge in [-0.3, -0.25) is 4.79 Å². The van der Waals surface area contributed by atoms with Crippen LogP contribution in [0.5, 0.6) is 0 Å². The van der Waals surface area contributed by atoms with Crippen molar-refractivity contribution in [3.05, 3.63) is 40.3 Å². The van der Waals surface area contributed by atoms with Crippen molar-refractivity contribution in [1.82, 2.24) is 10.3 Å². The molecule has 1 aromatic carbocycles. The molecule has 27 heavy (non-hydrogen) atoms. The van der Waals surface area contributed by atoms with Crippen molar-refractivity contribution in [2.75, 3.05) is 6.54 Å². The van der Waals surface area contributed by atoms with Gasteiger partial charge in [0.05, 0.1) is 16.8 Å². The third-order valence-electron chi connectivity index (χ3n) is 4.46. The fourth-order valence-corrected chi connectivity index (χ4v) is 3.09. The number of nitrogens with two attached hydrogens (primary N) is 1. The highest BCUT2D eigenvalue weighted by Gasteiger charge is 2.26. The maximum absolute atomic E-state index is 12.2. The van der Waals surface area contributed by atoms with Crippen LogP contribution in [-0.2, 0) is 11.2 Å². The largest absolute Gasteiger partial charge is 0.441 e. The molecule has 0 aliphatic rings. The summed E-state index contributed by atoms with van der Waals surface area (Å²) in [6, 6.07) is 5.16. The van der Waals surface area contributed by atoms with E-state index in [1.807, 2.05) is 13.8 Å². The van der Waals surface area contributed by atoms with Gasteiger partial charge in [0, 0.05) is 30.0 Å². The molecule has 0 bridgehead atoms. The second-order valence-electron chi connectivity index (χ2n) is 5.98. The average molecular weight is 457 g/mol. The lowest BCUT2D eigenvalue weighted by Crippen LogP contribution is -2.52. The number of nitrogens with zero attached hydrogens (tertiary/aromatic N) is 1. The fourth-order valence-electron chi connectivity index (χ4n) is 2.58. The number of hydrogen-bond acceptors (Lipinski definition) is 4. The SMILES string of the molecule is CCC(CC)(CN)NC(=O)CCc1ncc(-c2ccc(Cl)cc2Cl)o1.Cl.Cl. The Hall–Kier alpha value is -0.980. The van der Waals surface area contributed by atoms with E-state index >= 15 is 0 Å². The number of rotatable bonds is 8. The Morgan fingerprint density at radius 1 is 1.26 bits per heavy atom. The highest BCUT2D eigenvalue weighted by atomic mass is 35.5. The van der Waals surface area contributed by atoms with Crippen LogP contribution >= 0.6 is 48.0 Å². The van der Waals surface area contributed by atoms with Crippen LogP contribution in [0.25, 0.3) is 11.3 Å².